The molecule has 34 heavy (non-hydrogen) atoms. The van der Waals surface area contributed by atoms with E-state index in [2.05, 4.69) is 10.0 Å². The van der Waals surface area contributed by atoms with Crippen LogP contribution < -0.4 is 19.5 Å². The molecule has 1 amide bonds. The van der Waals surface area contributed by atoms with Gasteiger partial charge in [0.2, 0.25) is 15.9 Å². The van der Waals surface area contributed by atoms with Crippen LogP contribution in [-0.2, 0) is 21.2 Å². The maximum Gasteiger partial charge on any atom is 0.245 e. The first-order valence-electron chi connectivity index (χ1n) is 10.6. The van der Waals surface area contributed by atoms with Gasteiger partial charge in [0.1, 0.15) is 22.4 Å². The van der Waals surface area contributed by atoms with Gasteiger partial charge in [0.25, 0.3) is 0 Å². The minimum atomic E-state index is -4.15. The van der Waals surface area contributed by atoms with Gasteiger partial charge in [-0.1, -0.05) is 60.1 Å². The van der Waals surface area contributed by atoms with Crippen molar-refractivity contribution < 1.29 is 22.7 Å². The Labute approximate surface area is 205 Å². The smallest absolute Gasteiger partial charge is 0.245 e. The molecule has 3 rings (SSSR count). The number of halogens is 1. The third kappa shape index (κ3) is 6.28. The Bertz CT molecular complexity index is 1240. The summed E-state index contributed by atoms with van der Waals surface area (Å²) in [4.78, 5) is 13.2. The lowest BCUT2D eigenvalue weighted by Crippen LogP contribution is -2.48. The van der Waals surface area contributed by atoms with E-state index in [1.165, 1.54) is 25.3 Å². The van der Waals surface area contributed by atoms with Crippen LogP contribution in [0.3, 0.4) is 0 Å². The van der Waals surface area contributed by atoms with Gasteiger partial charge < -0.3 is 14.8 Å². The molecule has 9 heteroatoms. The van der Waals surface area contributed by atoms with Crippen LogP contribution in [0.1, 0.15) is 24.1 Å². The van der Waals surface area contributed by atoms with Gasteiger partial charge in [-0.25, -0.2) is 8.42 Å². The fourth-order valence-electron chi connectivity index (χ4n) is 3.56. The molecule has 0 aliphatic carbocycles. The first-order chi connectivity index (χ1) is 16.2. The predicted octanol–water partition coefficient (Wildman–Crippen LogP) is 4.12. The van der Waals surface area contributed by atoms with Crippen molar-refractivity contribution >= 4 is 27.5 Å². The van der Waals surface area contributed by atoms with Crippen molar-refractivity contribution in [3.63, 3.8) is 0 Å². The zero-order valence-corrected chi connectivity index (χ0v) is 20.7. The normalized spacial score (nSPS) is 13.1. The Hall–Kier alpha value is -3.07. The third-order valence-corrected chi connectivity index (χ3v) is 7.00. The number of carbonyl (C=O) groups is 1. The minimum absolute atomic E-state index is 0.123. The van der Waals surface area contributed by atoms with Crippen LogP contribution in [0.15, 0.2) is 77.7 Å². The molecule has 0 aromatic heterocycles. The maximum absolute atomic E-state index is 13.3. The second kappa shape index (κ2) is 11.4. The molecule has 0 saturated heterocycles. The van der Waals surface area contributed by atoms with Crippen molar-refractivity contribution in [2.24, 2.45) is 0 Å². The molecule has 0 heterocycles. The zero-order chi connectivity index (χ0) is 24.7. The Morgan fingerprint density at radius 1 is 0.941 bits per heavy atom. The van der Waals surface area contributed by atoms with Crippen molar-refractivity contribution in [1.82, 2.24) is 10.0 Å². The number of amides is 1. The summed E-state index contributed by atoms with van der Waals surface area (Å²) >= 11 is 6.04. The number of rotatable bonds is 10. The van der Waals surface area contributed by atoms with Gasteiger partial charge in [-0.2, -0.15) is 4.72 Å². The second-order valence-corrected chi connectivity index (χ2v) is 9.75. The summed E-state index contributed by atoms with van der Waals surface area (Å²) in [7, 11) is -1.23. The number of ether oxygens (including phenoxy) is 2. The highest BCUT2D eigenvalue weighted by atomic mass is 35.5. The minimum Gasteiger partial charge on any atom is -0.496 e. The number of nitrogens with one attached hydrogen (secondary N) is 2. The number of benzene rings is 3. The molecule has 0 aliphatic rings. The molecule has 0 saturated carbocycles. The molecule has 0 spiro atoms. The van der Waals surface area contributed by atoms with Gasteiger partial charge in [-0.3, -0.25) is 4.79 Å². The van der Waals surface area contributed by atoms with E-state index in [0.717, 1.165) is 11.1 Å². The van der Waals surface area contributed by atoms with Crippen molar-refractivity contribution in [3.8, 4) is 11.5 Å². The van der Waals surface area contributed by atoms with Gasteiger partial charge in [-0.05, 0) is 43.2 Å². The molecular weight excluding hydrogens is 476 g/mol. The van der Waals surface area contributed by atoms with Crippen LogP contribution in [0.4, 0.5) is 0 Å². The SMILES string of the molecule is COc1ccccc1[C@H](C)NC(=O)[C@@H](Cc1ccccc1)NS(=O)(=O)c1cc(Cl)ccc1OC. The molecule has 180 valence electrons. The van der Waals surface area contributed by atoms with Crippen molar-refractivity contribution in [2.75, 3.05) is 14.2 Å². The van der Waals surface area contributed by atoms with E-state index in [-0.39, 0.29) is 22.1 Å². The lowest BCUT2D eigenvalue weighted by Gasteiger charge is -2.23. The highest BCUT2D eigenvalue weighted by Gasteiger charge is 2.29. The number of para-hydroxylation sites is 1. The van der Waals surface area contributed by atoms with Crippen molar-refractivity contribution in [3.05, 3.63) is 88.9 Å². The van der Waals surface area contributed by atoms with E-state index >= 15 is 0 Å². The standard InChI is InChI=1S/C25H27ClN2O5S/c1-17(20-11-7-8-12-22(20)32-2)27-25(29)21(15-18-9-5-4-6-10-18)28-34(30,31)24-16-19(26)13-14-23(24)33-3/h4-14,16-17,21,28H,15H2,1-3H3,(H,27,29)/t17-,21+/m0/s1. The van der Waals surface area contributed by atoms with E-state index in [4.69, 9.17) is 21.1 Å². The highest BCUT2D eigenvalue weighted by Crippen LogP contribution is 2.28. The summed E-state index contributed by atoms with van der Waals surface area (Å²) < 4.78 is 39.7. The zero-order valence-electron chi connectivity index (χ0n) is 19.1. The molecular formula is C25H27ClN2O5S. The van der Waals surface area contributed by atoms with Crippen molar-refractivity contribution in [2.45, 2.75) is 30.3 Å². The maximum atomic E-state index is 13.3. The molecule has 3 aromatic rings. The largest absolute Gasteiger partial charge is 0.496 e. The summed E-state index contributed by atoms with van der Waals surface area (Å²) in [6.45, 7) is 1.81. The van der Waals surface area contributed by atoms with Gasteiger partial charge >= 0.3 is 0 Å². The van der Waals surface area contributed by atoms with Crippen LogP contribution in [0.5, 0.6) is 11.5 Å². The van der Waals surface area contributed by atoms with E-state index < -0.39 is 28.0 Å². The van der Waals surface area contributed by atoms with Crippen LogP contribution in [0.2, 0.25) is 5.02 Å². The van der Waals surface area contributed by atoms with Gasteiger partial charge in [0, 0.05) is 10.6 Å². The highest BCUT2D eigenvalue weighted by molar-refractivity contribution is 7.89. The molecule has 0 fully saturated rings. The van der Waals surface area contributed by atoms with Gasteiger partial charge in [0.05, 0.1) is 20.3 Å². The fourth-order valence-corrected chi connectivity index (χ4v) is 5.19. The van der Waals surface area contributed by atoms with Crippen LogP contribution in [0.25, 0.3) is 0 Å². The van der Waals surface area contributed by atoms with E-state index in [1.54, 1.807) is 13.2 Å². The second-order valence-electron chi connectivity index (χ2n) is 7.63. The Morgan fingerprint density at radius 2 is 1.59 bits per heavy atom. The first kappa shape index (κ1) is 25.6. The number of carbonyl (C=O) groups excluding carboxylic acids is 1. The van der Waals surface area contributed by atoms with Crippen LogP contribution in [-0.4, -0.2) is 34.6 Å². The monoisotopic (exact) mass is 502 g/mol. The number of hydrogen-bond donors (Lipinski definition) is 2. The molecule has 7 nitrogen and oxygen atoms in total. The molecule has 2 atom stereocenters. The summed E-state index contributed by atoms with van der Waals surface area (Å²) in [5.74, 6) is 0.268. The Morgan fingerprint density at radius 3 is 2.26 bits per heavy atom. The summed E-state index contributed by atoms with van der Waals surface area (Å²) in [5, 5.41) is 3.13. The third-order valence-electron chi connectivity index (χ3n) is 5.28. The predicted molar refractivity (Wildman–Crippen MR) is 132 cm³/mol. The molecule has 0 radical (unpaired) electrons. The number of hydrogen-bond acceptors (Lipinski definition) is 5. The lowest BCUT2D eigenvalue weighted by atomic mass is 10.0. The lowest BCUT2D eigenvalue weighted by molar-refractivity contribution is -0.123. The first-order valence-corrected chi connectivity index (χ1v) is 12.4. The van der Waals surface area contributed by atoms with E-state index in [1.807, 2.05) is 55.5 Å². The molecule has 2 N–H and O–H groups in total. The Kier molecular flexibility index (Phi) is 8.55. The van der Waals surface area contributed by atoms with Crippen LogP contribution >= 0.6 is 11.6 Å². The van der Waals surface area contributed by atoms with Crippen LogP contribution in [0, 0.1) is 0 Å². The molecule has 0 unspecified atom stereocenters. The number of sulfonamides is 1. The summed E-state index contributed by atoms with van der Waals surface area (Å²) in [5.41, 5.74) is 1.57. The topological polar surface area (TPSA) is 93.7 Å². The molecule has 0 aliphatic heterocycles. The number of methoxy groups -OCH3 is 2. The van der Waals surface area contributed by atoms with Gasteiger partial charge in [-0.15, -0.1) is 0 Å². The molecule has 3 aromatic carbocycles. The summed E-state index contributed by atoms with van der Waals surface area (Å²) in [6.07, 6.45) is 0.146. The average Bonchev–Trinajstić information content (AvgIpc) is 2.84. The average molecular weight is 503 g/mol. The van der Waals surface area contributed by atoms with Gasteiger partial charge in [0.15, 0.2) is 0 Å². The quantitative estimate of drug-likeness (QED) is 0.435. The van der Waals surface area contributed by atoms with Crippen molar-refractivity contribution in [1.29, 1.82) is 0 Å². The van der Waals surface area contributed by atoms with E-state index in [0.29, 0.717) is 5.75 Å². The van der Waals surface area contributed by atoms with E-state index in [9.17, 15) is 13.2 Å². The fraction of sp³-hybridized carbons (Fsp3) is 0.240. The molecule has 0 bridgehead atoms. The summed E-state index contributed by atoms with van der Waals surface area (Å²) in [6, 6.07) is 19.3. The Balaban J connectivity index is 1.91.